The minimum atomic E-state index is 1.14. The SMILES string of the molecule is CC1=CC=C(/C=C(/C)CCc2ccc(C)cc2)CC1. The molecule has 0 heteroatoms. The van der Waals surface area contributed by atoms with E-state index in [1.165, 1.54) is 40.7 Å². The largest absolute Gasteiger partial charge is 0.0730 e. The van der Waals surface area contributed by atoms with Crippen LogP contribution in [0.25, 0.3) is 0 Å². The summed E-state index contributed by atoms with van der Waals surface area (Å²) in [6.45, 7) is 6.60. The molecule has 0 bridgehead atoms. The highest BCUT2D eigenvalue weighted by Gasteiger charge is 2.01. The van der Waals surface area contributed by atoms with Crippen molar-refractivity contribution >= 4 is 0 Å². The third kappa shape index (κ3) is 4.55. The lowest BCUT2D eigenvalue weighted by atomic mass is 9.96. The first-order valence-corrected chi connectivity index (χ1v) is 7.22. The van der Waals surface area contributed by atoms with E-state index in [-0.39, 0.29) is 0 Å². The molecule has 0 aromatic heterocycles. The maximum atomic E-state index is 2.37. The van der Waals surface area contributed by atoms with E-state index in [0.29, 0.717) is 0 Å². The molecule has 0 fully saturated rings. The molecule has 0 amide bonds. The lowest BCUT2D eigenvalue weighted by Gasteiger charge is -2.10. The fourth-order valence-corrected chi connectivity index (χ4v) is 2.36. The van der Waals surface area contributed by atoms with Crippen LogP contribution in [0.1, 0.15) is 44.2 Å². The minimum Gasteiger partial charge on any atom is -0.0730 e. The highest BCUT2D eigenvalue weighted by Crippen LogP contribution is 2.21. The van der Waals surface area contributed by atoms with Crippen LogP contribution in [-0.2, 0) is 6.42 Å². The van der Waals surface area contributed by atoms with E-state index in [2.05, 4.69) is 63.3 Å². The third-order valence-electron chi connectivity index (χ3n) is 3.75. The van der Waals surface area contributed by atoms with Gasteiger partial charge in [0.1, 0.15) is 0 Å². The summed E-state index contributed by atoms with van der Waals surface area (Å²) in [5, 5.41) is 0. The standard InChI is InChI=1S/C19H24/c1-15-4-9-18(10-5-15)11-8-17(3)14-19-12-6-16(2)7-13-19/h4-6,9-10,12,14H,7-8,11,13H2,1-3H3/b17-14-. The molecule has 0 heterocycles. The van der Waals surface area contributed by atoms with Gasteiger partial charge in [-0.15, -0.1) is 0 Å². The number of benzene rings is 1. The van der Waals surface area contributed by atoms with Crippen LogP contribution in [0, 0.1) is 6.92 Å². The van der Waals surface area contributed by atoms with E-state index in [1.807, 2.05) is 0 Å². The van der Waals surface area contributed by atoms with Crippen molar-refractivity contribution in [1.29, 1.82) is 0 Å². The first-order valence-electron chi connectivity index (χ1n) is 7.22. The van der Waals surface area contributed by atoms with Gasteiger partial charge in [0.25, 0.3) is 0 Å². The van der Waals surface area contributed by atoms with Gasteiger partial charge in [-0.3, -0.25) is 0 Å². The van der Waals surface area contributed by atoms with Gasteiger partial charge >= 0.3 is 0 Å². The number of allylic oxidation sites excluding steroid dienone is 6. The summed E-state index contributed by atoms with van der Waals surface area (Å²) in [6, 6.07) is 8.89. The van der Waals surface area contributed by atoms with E-state index in [4.69, 9.17) is 0 Å². The molecule has 1 aromatic rings. The van der Waals surface area contributed by atoms with Crippen molar-refractivity contribution in [3.63, 3.8) is 0 Å². The number of hydrogen-bond acceptors (Lipinski definition) is 0. The molecule has 1 aromatic carbocycles. The zero-order chi connectivity index (χ0) is 13.7. The molecule has 0 spiro atoms. The Morgan fingerprint density at radius 1 is 1.05 bits per heavy atom. The maximum absolute atomic E-state index is 2.37. The Hall–Kier alpha value is -1.56. The molecule has 2 rings (SSSR count). The van der Waals surface area contributed by atoms with Gasteiger partial charge in [-0.1, -0.05) is 59.2 Å². The number of hydrogen-bond donors (Lipinski definition) is 0. The maximum Gasteiger partial charge on any atom is -0.0241 e. The fourth-order valence-electron chi connectivity index (χ4n) is 2.36. The van der Waals surface area contributed by atoms with E-state index in [9.17, 15) is 0 Å². The molecule has 100 valence electrons. The van der Waals surface area contributed by atoms with Crippen LogP contribution in [0.4, 0.5) is 0 Å². The summed E-state index contributed by atoms with van der Waals surface area (Å²) in [4.78, 5) is 0. The van der Waals surface area contributed by atoms with Crippen molar-refractivity contribution in [2.24, 2.45) is 0 Å². The van der Waals surface area contributed by atoms with E-state index >= 15 is 0 Å². The van der Waals surface area contributed by atoms with E-state index < -0.39 is 0 Å². The summed E-state index contributed by atoms with van der Waals surface area (Å²) in [5.74, 6) is 0. The van der Waals surface area contributed by atoms with Crippen LogP contribution in [-0.4, -0.2) is 0 Å². The summed E-state index contributed by atoms with van der Waals surface area (Å²) in [5.41, 5.74) is 7.23. The monoisotopic (exact) mass is 252 g/mol. The molecule has 0 unspecified atom stereocenters. The van der Waals surface area contributed by atoms with Gasteiger partial charge in [0, 0.05) is 0 Å². The van der Waals surface area contributed by atoms with Crippen LogP contribution in [0.2, 0.25) is 0 Å². The molecule has 0 N–H and O–H groups in total. The summed E-state index contributed by atoms with van der Waals surface area (Å²) in [6.07, 6.45) is 11.6. The third-order valence-corrected chi connectivity index (χ3v) is 3.75. The second-order valence-electron chi connectivity index (χ2n) is 5.73. The molecular formula is C19H24. The van der Waals surface area contributed by atoms with Crippen molar-refractivity contribution in [2.75, 3.05) is 0 Å². The average Bonchev–Trinajstić information content (AvgIpc) is 2.41. The lowest BCUT2D eigenvalue weighted by molar-refractivity contribution is 0.905. The summed E-state index contributed by atoms with van der Waals surface area (Å²) < 4.78 is 0. The second-order valence-corrected chi connectivity index (χ2v) is 5.73. The average molecular weight is 252 g/mol. The highest BCUT2D eigenvalue weighted by molar-refractivity contribution is 5.32. The van der Waals surface area contributed by atoms with Gasteiger partial charge in [0.15, 0.2) is 0 Å². The van der Waals surface area contributed by atoms with Gasteiger partial charge in [-0.05, 0) is 57.6 Å². The van der Waals surface area contributed by atoms with Crippen LogP contribution >= 0.6 is 0 Å². The molecule has 0 aliphatic heterocycles. The van der Waals surface area contributed by atoms with Crippen LogP contribution < -0.4 is 0 Å². The highest BCUT2D eigenvalue weighted by atomic mass is 14.1. The van der Waals surface area contributed by atoms with Gasteiger partial charge < -0.3 is 0 Å². The molecule has 0 nitrogen and oxygen atoms in total. The summed E-state index contributed by atoms with van der Waals surface area (Å²) >= 11 is 0. The van der Waals surface area contributed by atoms with Crippen molar-refractivity contribution in [3.05, 3.63) is 70.3 Å². The molecule has 0 saturated heterocycles. The molecule has 1 aliphatic rings. The zero-order valence-electron chi connectivity index (χ0n) is 12.4. The quantitative estimate of drug-likeness (QED) is 0.660. The van der Waals surface area contributed by atoms with Crippen molar-refractivity contribution in [3.8, 4) is 0 Å². The molecule has 0 radical (unpaired) electrons. The first-order chi connectivity index (χ1) is 9.13. The smallest absolute Gasteiger partial charge is 0.0241 e. The van der Waals surface area contributed by atoms with Crippen molar-refractivity contribution < 1.29 is 0 Å². The topological polar surface area (TPSA) is 0 Å². The van der Waals surface area contributed by atoms with E-state index in [0.717, 1.165) is 12.8 Å². The van der Waals surface area contributed by atoms with Crippen molar-refractivity contribution in [2.45, 2.75) is 46.5 Å². The molecular weight excluding hydrogens is 228 g/mol. The van der Waals surface area contributed by atoms with Crippen molar-refractivity contribution in [1.82, 2.24) is 0 Å². The Bertz CT molecular complexity index is 509. The summed E-state index contributed by atoms with van der Waals surface area (Å²) in [7, 11) is 0. The van der Waals surface area contributed by atoms with Crippen LogP contribution in [0.3, 0.4) is 0 Å². The fraction of sp³-hybridized carbons (Fsp3) is 0.368. The Balaban J connectivity index is 1.90. The normalized spacial score (nSPS) is 16.1. The molecule has 1 aliphatic carbocycles. The Kier molecular flexibility index (Phi) is 4.79. The predicted molar refractivity (Wildman–Crippen MR) is 84.3 cm³/mol. The van der Waals surface area contributed by atoms with Gasteiger partial charge in [0.05, 0.1) is 0 Å². The van der Waals surface area contributed by atoms with Gasteiger partial charge in [0.2, 0.25) is 0 Å². The Labute approximate surface area is 117 Å². The Morgan fingerprint density at radius 3 is 2.42 bits per heavy atom. The molecule has 0 atom stereocenters. The number of rotatable bonds is 4. The van der Waals surface area contributed by atoms with Crippen LogP contribution in [0.5, 0.6) is 0 Å². The minimum absolute atomic E-state index is 1.14. The number of aryl methyl sites for hydroxylation is 2. The lowest BCUT2D eigenvalue weighted by Crippen LogP contribution is -1.91. The van der Waals surface area contributed by atoms with Gasteiger partial charge in [-0.2, -0.15) is 0 Å². The van der Waals surface area contributed by atoms with Gasteiger partial charge in [-0.25, -0.2) is 0 Å². The Morgan fingerprint density at radius 2 is 1.79 bits per heavy atom. The predicted octanol–water partition coefficient (Wildman–Crippen LogP) is 5.54. The second kappa shape index (κ2) is 6.56. The van der Waals surface area contributed by atoms with E-state index in [1.54, 1.807) is 0 Å². The zero-order valence-corrected chi connectivity index (χ0v) is 12.4. The first kappa shape index (κ1) is 13.9. The molecule has 19 heavy (non-hydrogen) atoms. The van der Waals surface area contributed by atoms with Crippen LogP contribution in [0.15, 0.2) is 59.2 Å². The molecule has 0 saturated carbocycles.